The van der Waals surface area contributed by atoms with Gasteiger partial charge in [-0.3, -0.25) is 14.9 Å². The van der Waals surface area contributed by atoms with Gasteiger partial charge in [0.15, 0.2) is 0 Å². The van der Waals surface area contributed by atoms with Crippen LogP contribution in [0.3, 0.4) is 0 Å². The Labute approximate surface area is 117 Å². The van der Waals surface area contributed by atoms with Crippen molar-refractivity contribution in [3.8, 4) is 5.75 Å². The first kappa shape index (κ1) is 14.3. The molecule has 0 spiro atoms. The van der Waals surface area contributed by atoms with Gasteiger partial charge in [-0.15, -0.1) is 0 Å². The van der Waals surface area contributed by atoms with E-state index in [4.69, 9.17) is 4.74 Å². The average molecular weight is 278 g/mol. The predicted octanol–water partition coefficient (Wildman–Crippen LogP) is 3.12. The van der Waals surface area contributed by atoms with Crippen LogP contribution in [0.2, 0.25) is 0 Å². The Morgan fingerprint density at radius 2 is 2.05 bits per heavy atom. The largest absolute Gasteiger partial charge is 0.495 e. The first-order valence-corrected chi connectivity index (χ1v) is 6.75. The van der Waals surface area contributed by atoms with Crippen LogP contribution >= 0.6 is 0 Å². The van der Waals surface area contributed by atoms with Gasteiger partial charge in [-0.25, -0.2) is 0 Å². The lowest BCUT2D eigenvalue weighted by atomic mass is 9.88. The summed E-state index contributed by atoms with van der Waals surface area (Å²) in [7, 11) is 1.47. The Hall–Kier alpha value is -2.11. The molecular formula is C14H18N2O4. The molecule has 1 saturated carbocycles. The Morgan fingerprint density at radius 1 is 1.35 bits per heavy atom. The third-order valence-electron chi connectivity index (χ3n) is 3.63. The first-order valence-electron chi connectivity index (χ1n) is 6.75. The molecule has 0 atom stereocenters. The fraction of sp³-hybridized carbons (Fsp3) is 0.500. The number of amides is 1. The predicted molar refractivity (Wildman–Crippen MR) is 74.9 cm³/mol. The molecule has 1 aliphatic carbocycles. The number of nitrogens with zero attached hydrogens (tertiary/aromatic N) is 1. The van der Waals surface area contributed by atoms with Gasteiger partial charge in [0.1, 0.15) is 5.75 Å². The minimum Gasteiger partial charge on any atom is -0.495 e. The van der Waals surface area contributed by atoms with E-state index >= 15 is 0 Å². The number of nitro groups is 1. The van der Waals surface area contributed by atoms with Crippen LogP contribution in [0.1, 0.15) is 32.1 Å². The number of benzene rings is 1. The summed E-state index contributed by atoms with van der Waals surface area (Å²) in [4.78, 5) is 22.5. The van der Waals surface area contributed by atoms with Crippen molar-refractivity contribution < 1.29 is 14.5 Å². The fourth-order valence-corrected chi connectivity index (χ4v) is 2.51. The third-order valence-corrected chi connectivity index (χ3v) is 3.63. The molecule has 0 saturated heterocycles. The number of nitro benzene ring substituents is 1. The highest BCUT2D eigenvalue weighted by Gasteiger charge is 2.22. The second-order valence-corrected chi connectivity index (χ2v) is 4.97. The maximum Gasteiger partial charge on any atom is 0.271 e. The van der Waals surface area contributed by atoms with Crippen LogP contribution in [0.25, 0.3) is 0 Å². The molecular weight excluding hydrogens is 260 g/mol. The molecule has 1 fully saturated rings. The second kappa shape index (κ2) is 6.36. The summed E-state index contributed by atoms with van der Waals surface area (Å²) >= 11 is 0. The molecule has 6 heteroatoms. The number of anilines is 1. The van der Waals surface area contributed by atoms with Crippen LogP contribution in [0.15, 0.2) is 18.2 Å². The molecule has 0 aromatic heterocycles. The summed E-state index contributed by atoms with van der Waals surface area (Å²) in [5, 5.41) is 13.6. The van der Waals surface area contributed by atoms with E-state index in [0.717, 1.165) is 25.7 Å². The van der Waals surface area contributed by atoms with E-state index < -0.39 is 4.92 Å². The lowest BCUT2D eigenvalue weighted by Crippen LogP contribution is -2.25. The van der Waals surface area contributed by atoms with Gasteiger partial charge in [-0.05, 0) is 18.9 Å². The Morgan fingerprint density at radius 3 is 2.65 bits per heavy atom. The number of non-ortho nitro benzene ring substituents is 1. The van der Waals surface area contributed by atoms with Crippen LogP contribution in [0, 0.1) is 16.0 Å². The highest BCUT2D eigenvalue weighted by molar-refractivity contribution is 5.94. The molecule has 0 bridgehead atoms. The van der Waals surface area contributed by atoms with E-state index in [1.54, 1.807) is 0 Å². The molecule has 0 aliphatic heterocycles. The summed E-state index contributed by atoms with van der Waals surface area (Å²) in [5.74, 6) is 0.343. The molecule has 108 valence electrons. The number of hydrogen-bond donors (Lipinski definition) is 1. The van der Waals surface area contributed by atoms with Crippen molar-refractivity contribution in [2.75, 3.05) is 12.4 Å². The molecule has 1 aromatic rings. The molecule has 2 rings (SSSR count). The van der Waals surface area contributed by atoms with Gasteiger partial charge < -0.3 is 10.1 Å². The SMILES string of the molecule is COc1ccc([N+](=O)[O-])cc1NC(=O)C1CCCCC1. The van der Waals surface area contributed by atoms with Gasteiger partial charge in [-0.1, -0.05) is 19.3 Å². The van der Waals surface area contributed by atoms with E-state index in [0.29, 0.717) is 11.4 Å². The highest BCUT2D eigenvalue weighted by atomic mass is 16.6. The van der Waals surface area contributed by atoms with Gasteiger partial charge in [0.2, 0.25) is 5.91 Å². The van der Waals surface area contributed by atoms with Crippen molar-refractivity contribution >= 4 is 17.3 Å². The second-order valence-electron chi connectivity index (χ2n) is 4.97. The fourth-order valence-electron chi connectivity index (χ4n) is 2.51. The first-order chi connectivity index (χ1) is 9.61. The van der Waals surface area contributed by atoms with Gasteiger partial charge in [0.05, 0.1) is 17.7 Å². The van der Waals surface area contributed by atoms with E-state index in [1.807, 2.05) is 0 Å². The lowest BCUT2D eigenvalue weighted by Gasteiger charge is -2.21. The summed E-state index contributed by atoms with van der Waals surface area (Å²) in [6, 6.07) is 4.18. The minimum absolute atomic E-state index is 0.00674. The normalized spacial score (nSPS) is 15.7. The molecule has 0 heterocycles. The minimum atomic E-state index is -0.490. The highest BCUT2D eigenvalue weighted by Crippen LogP contribution is 2.31. The number of nitrogens with one attached hydrogen (secondary N) is 1. The number of hydrogen-bond acceptors (Lipinski definition) is 4. The number of rotatable bonds is 4. The van der Waals surface area contributed by atoms with Crippen LogP contribution in [0.4, 0.5) is 11.4 Å². The van der Waals surface area contributed by atoms with Crippen LogP contribution in [-0.4, -0.2) is 17.9 Å². The van der Waals surface area contributed by atoms with Crippen molar-refractivity contribution in [2.24, 2.45) is 5.92 Å². The van der Waals surface area contributed by atoms with Crippen LogP contribution < -0.4 is 10.1 Å². The van der Waals surface area contributed by atoms with Gasteiger partial charge in [0.25, 0.3) is 5.69 Å². The maximum absolute atomic E-state index is 12.2. The standard InChI is InChI=1S/C14H18N2O4/c1-20-13-8-7-11(16(18)19)9-12(13)15-14(17)10-5-3-2-4-6-10/h7-10H,2-6H2,1H3,(H,15,17). The number of methoxy groups -OCH3 is 1. The number of carbonyl (C=O) groups is 1. The van der Waals surface area contributed by atoms with E-state index in [-0.39, 0.29) is 17.5 Å². The van der Waals surface area contributed by atoms with Gasteiger partial charge >= 0.3 is 0 Å². The molecule has 1 N–H and O–H groups in total. The summed E-state index contributed by atoms with van der Waals surface area (Å²) in [6.07, 6.45) is 5.05. The van der Waals surface area contributed by atoms with Gasteiger partial charge in [0, 0.05) is 18.1 Å². The zero-order chi connectivity index (χ0) is 14.5. The number of ether oxygens (including phenoxy) is 1. The molecule has 6 nitrogen and oxygen atoms in total. The van der Waals surface area contributed by atoms with E-state index in [9.17, 15) is 14.9 Å². The Bertz CT molecular complexity index is 510. The Balaban J connectivity index is 2.15. The molecule has 0 radical (unpaired) electrons. The van der Waals surface area contributed by atoms with E-state index in [2.05, 4.69) is 5.32 Å². The molecule has 1 aliphatic rings. The van der Waals surface area contributed by atoms with Crippen molar-refractivity contribution in [2.45, 2.75) is 32.1 Å². The summed E-state index contributed by atoms with van der Waals surface area (Å²) < 4.78 is 5.13. The van der Waals surface area contributed by atoms with Crippen molar-refractivity contribution in [3.05, 3.63) is 28.3 Å². The van der Waals surface area contributed by atoms with Crippen LogP contribution in [0.5, 0.6) is 5.75 Å². The quantitative estimate of drug-likeness (QED) is 0.677. The maximum atomic E-state index is 12.2. The van der Waals surface area contributed by atoms with Crippen molar-refractivity contribution in [1.82, 2.24) is 0 Å². The molecule has 1 amide bonds. The third kappa shape index (κ3) is 3.26. The average Bonchev–Trinajstić information content (AvgIpc) is 2.48. The zero-order valence-corrected chi connectivity index (χ0v) is 11.4. The molecule has 20 heavy (non-hydrogen) atoms. The van der Waals surface area contributed by atoms with Crippen LogP contribution in [-0.2, 0) is 4.79 Å². The smallest absolute Gasteiger partial charge is 0.271 e. The lowest BCUT2D eigenvalue weighted by molar-refractivity contribution is -0.384. The topological polar surface area (TPSA) is 81.5 Å². The van der Waals surface area contributed by atoms with E-state index in [1.165, 1.54) is 31.7 Å². The van der Waals surface area contributed by atoms with Gasteiger partial charge in [-0.2, -0.15) is 0 Å². The van der Waals surface area contributed by atoms with Crippen molar-refractivity contribution in [1.29, 1.82) is 0 Å². The molecule has 0 unspecified atom stereocenters. The van der Waals surface area contributed by atoms with Crippen molar-refractivity contribution in [3.63, 3.8) is 0 Å². The summed E-state index contributed by atoms with van der Waals surface area (Å²) in [5.41, 5.74) is 0.294. The zero-order valence-electron chi connectivity index (χ0n) is 11.4. The number of carbonyl (C=O) groups excluding carboxylic acids is 1. The summed E-state index contributed by atoms with van der Waals surface area (Å²) in [6.45, 7) is 0. The Kier molecular flexibility index (Phi) is 4.55. The molecule has 1 aromatic carbocycles. The monoisotopic (exact) mass is 278 g/mol.